The van der Waals surface area contributed by atoms with Crippen LogP contribution in [-0.2, 0) is 26.9 Å². The molecule has 1 amide bonds. The number of hydrogen-bond donors (Lipinski definition) is 0. The lowest BCUT2D eigenvalue weighted by atomic mass is 10.1. The fourth-order valence-electron chi connectivity index (χ4n) is 2.68. The van der Waals surface area contributed by atoms with Crippen molar-refractivity contribution >= 4 is 31.7 Å². The number of nitriles is 1. The van der Waals surface area contributed by atoms with Gasteiger partial charge in [0, 0.05) is 24.1 Å². The normalized spacial score (nSPS) is 11.3. The van der Waals surface area contributed by atoms with Crippen LogP contribution in [0.1, 0.15) is 16.7 Å². The number of hydrogen-bond acceptors (Lipinski definition) is 5. The summed E-state index contributed by atoms with van der Waals surface area (Å²) in [4.78, 5) is 16.3. The lowest BCUT2D eigenvalue weighted by Crippen LogP contribution is -2.39. The molecule has 0 atom stereocenters. The van der Waals surface area contributed by atoms with Crippen molar-refractivity contribution in [1.82, 2.24) is 9.80 Å². The van der Waals surface area contributed by atoms with Crippen LogP contribution in [0.15, 0.2) is 53.0 Å². The minimum absolute atomic E-state index is 0.176. The van der Waals surface area contributed by atoms with Gasteiger partial charge in [-0.3, -0.25) is 4.79 Å². The van der Waals surface area contributed by atoms with Crippen LogP contribution in [0, 0.1) is 11.3 Å². The zero-order valence-electron chi connectivity index (χ0n) is 16.5. The second kappa shape index (κ2) is 10.5. The largest absolute Gasteiger partial charge is 0.336 e. The molecule has 2 aromatic carbocycles. The fourth-order valence-corrected chi connectivity index (χ4v) is 4.31. The van der Waals surface area contributed by atoms with Crippen LogP contribution in [-0.4, -0.2) is 57.1 Å². The van der Waals surface area contributed by atoms with E-state index in [-0.39, 0.29) is 5.75 Å². The Kier molecular flexibility index (Phi) is 8.38. The third-order valence-corrected chi connectivity index (χ3v) is 6.26. The molecule has 0 fully saturated rings. The van der Waals surface area contributed by atoms with Crippen molar-refractivity contribution in [2.24, 2.45) is 0 Å². The molecule has 0 N–H and O–H groups in total. The van der Waals surface area contributed by atoms with Gasteiger partial charge in [0.1, 0.15) is 5.75 Å². The highest BCUT2D eigenvalue weighted by Crippen LogP contribution is 2.14. The SMILES string of the molecule is CN(C)CCN(Cc1ccc(C#N)cc1)C(=O)CS(=O)(=O)Cc1ccc(Br)cc1. The van der Waals surface area contributed by atoms with Gasteiger partial charge in [0.2, 0.25) is 5.91 Å². The first kappa shape index (κ1) is 23.1. The first-order valence-corrected chi connectivity index (χ1v) is 11.7. The number of amides is 1. The van der Waals surface area contributed by atoms with E-state index in [1.165, 1.54) is 0 Å². The second-order valence-electron chi connectivity index (χ2n) is 7.09. The maximum Gasteiger partial charge on any atom is 0.238 e. The Morgan fingerprint density at radius 1 is 1.00 bits per heavy atom. The summed E-state index contributed by atoms with van der Waals surface area (Å²) in [6.07, 6.45) is 0. The molecular formula is C21H24BrN3O3S. The highest BCUT2D eigenvalue weighted by molar-refractivity contribution is 9.10. The number of nitrogens with zero attached hydrogens (tertiary/aromatic N) is 3. The van der Waals surface area contributed by atoms with Crippen LogP contribution >= 0.6 is 15.9 Å². The second-order valence-corrected chi connectivity index (χ2v) is 10.1. The monoisotopic (exact) mass is 477 g/mol. The van der Waals surface area contributed by atoms with E-state index >= 15 is 0 Å². The molecular weight excluding hydrogens is 454 g/mol. The smallest absolute Gasteiger partial charge is 0.238 e. The summed E-state index contributed by atoms with van der Waals surface area (Å²) >= 11 is 3.32. The van der Waals surface area contributed by atoms with Crippen molar-refractivity contribution in [1.29, 1.82) is 5.26 Å². The number of sulfone groups is 1. The Bertz CT molecular complexity index is 966. The van der Waals surface area contributed by atoms with E-state index in [9.17, 15) is 13.2 Å². The minimum atomic E-state index is -3.60. The Hall–Kier alpha value is -2.21. The molecule has 0 aliphatic rings. The predicted molar refractivity (Wildman–Crippen MR) is 117 cm³/mol. The number of likely N-dealkylation sites (N-methyl/N-ethyl adjacent to an activating group) is 1. The molecule has 29 heavy (non-hydrogen) atoms. The number of benzene rings is 2. The summed E-state index contributed by atoms with van der Waals surface area (Å²) in [6, 6.07) is 16.0. The van der Waals surface area contributed by atoms with E-state index < -0.39 is 21.5 Å². The van der Waals surface area contributed by atoms with Crippen LogP contribution in [0.4, 0.5) is 0 Å². The topological polar surface area (TPSA) is 81.5 Å². The summed E-state index contributed by atoms with van der Waals surface area (Å²) in [5, 5.41) is 8.92. The Labute approximate surface area is 180 Å². The van der Waals surface area contributed by atoms with Gasteiger partial charge in [-0.1, -0.05) is 40.2 Å². The van der Waals surface area contributed by atoms with Crippen LogP contribution < -0.4 is 0 Å². The Morgan fingerprint density at radius 3 is 2.14 bits per heavy atom. The van der Waals surface area contributed by atoms with Crippen LogP contribution in [0.2, 0.25) is 0 Å². The zero-order valence-corrected chi connectivity index (χ0v) is 18.9. The van der Waals surface area contributed by atoms with E-state index in [2.05, 4.69) is 22.0 Å². The molecule has 154 valence electrons. The van der Waals surface area contributed by atoms with E-state index in [1.54, 1.807) is 53.4 Å². The van der Waals surface area contributed by atoms with E-state index in [0.717, 1.165) is 10.0 Å². The maximum absolute atomic E-state index is 12.8. The standard InChI is InChI=1S/C21H24BrN3O3S/c1-24(2)11-12-25(14-18-5-3-17(13-23)4-6-18)21(26)16-29(27,28)15-19-7-9-20(22)10-8-19/h3-10H,11-12,14-16H2,1-2H3. The fraction of sp³-hybridized carbons (Fsp3) is 0.333. The van der Waals surface area contributed by atoms with Gasteiger partial charge >= 0.3 is 0 Å². The lowest BCUT2D eigenvalue weighted by molar-refractivity contribution is -0.129. The van der Waals surface area contributed by atoms with Crippen LogP contribution in [0.25, 0.3) is 0 Å². The molecule has 0 aromatic heterocycles. The van der Waals surface area contributed by atoms with Gasteiger partial charge in [-0.05, 0) is 49.5 Å². The van der Waals surface area contributed by atoms with Gasteiger partial charge in [-0.2, -0.15) is 5.26 Å². The van der Waals surface area contributed by atoms with Crippen molar-refractivity contribution in [2.75, 3.05) is 32.9 Å². The molecule has 8 heteroatoms. The number of carbonyl (C=O) groups excluding carboxylic acids is 1. The number of rotatable bonds is 9. The van der Waals surface area contributed by atoms with Gasteiger partial charge in [0.15, 0.2) is 9.84 Å². The molecule has 6 nitrogen and oxygen atoms in total. The van der Waals surface area contributed by atoms with Crippen molar-refractivity contribution in [3.63, 3.8) is 0 Å². The van der Waals surface area contributed by atoms with Gasteiger partial charge in [-0.15, -0.1) is 0 Å². The molecule has 0 saturated carbocycles. The third kappa shape index (κ3) is 7.97. The lowest BCUT2D eigenvalue weighted by Gasteiger charge is -2.24. The Morgan fingerprint density at radius 2 is 1.59 bits per heavy atom. The molecule has 0 heterocycles. The molecule has 0 radical (unpaired) electrons. The summed E-state index contributed by atoms with van der Waals surface area (Å²) in [5.74, 6) is -1.13. The quantitative estimate of drug-likeness (QED) is 0.554. The molecule has 0 saturated heterocycles. The predicted octanol–water partition coefficient (Wildman–Crippen LogP) is 2.83. The third-order valence-electron chi connectivity index (χ3n) is 4.27. The van der Waals surface area contributed by atoms with Gasteiger partial charge in [-0.25, -0.2) is 8.42 Å². The molecule has 0 aliphatic heterocycles. The average molecular weight is 478 g/mol. The average Bonchev–Trinajstić information content (AvgIpc) is 2.66. The van der Waals surface area contributed by atoms with Crippen LogP contribution in [0.5, 0.6) is 0 Å². The highest BCUT2D eigenvalue weighted by Gasteiger charge is 2.22. The summed E-state index contributed by atoms with van der Waals surface area (Å²) in [5.41, 5.74) is 2.03. The van der Waals surface area contributed by atoms with Crippen molar-refractivity contribution in [3.8, 4) is 6.07 Å². The molecule has 0 aliphatic carbocycles. The highest BCUT2D eigenvalue weighted by atomic mass is 79.9. The number of halogens is 1. The van der Waals surface area contributed by atoms with E-state index in [4.69, 9.17) is 5.26 Å². The van der Waals surface area contributed by atoms with E-state index in [1.807, 2.05) is 19.0 Å². The summed E-state index contributed by atoms with van der Waals surface area (Å²) in [6.45, 7) is 1.33. The minimum Gasteiger partial charge on any atom is -0.336 e. The van der Waals surface area contributed by atoms with E-state index in [0.29, 0.717) is 30.8 Å². The molecule has 0 spiro atoms. The Balaban J connectivity index is 2.10. The van der Waals surface area contributed by atoms with Crippen molar-refractivity contribution < 1.29 is 13.2 Å². The maximum atomic E-state index is 12.8. The summed E-state index contributed by atoms with van der Waals surface area (Å²) < 4.78 is 26.0. The molecule has 2 aromatic rings. The molecule has 0 bridgehead atoms. The first-order valence-electron chi connectivity index (χ1n) is 9.05. The summed E-state index contributed by atoms with van der Waals surface area (Å²) in [7, 11) is 0.199. The van der Waals surface area contributed by atoms with Gasteiger partial charge in [0.05, 0.1) is 17.4 Å². The first-order chi connectivity index (χ1) is 13.7. The zero-order chi connectivity index (χ0) is 21.4. The molecule has 0 unspecified atom stereocenters. The van der Waals surface area contributed by atoms with Crippen molar-refractivity contribution in [3.05, 3.63) is 69.7 Å². The molecule has 2 rings (SSSR count). The number of carbonyl (C=O) groups is 1. The van der Waals surface area contributed by atoms with Gasteiger partial charge in [0.25, 0.3) is 0 Å². The van der Waals surface area contributed by atoms with Crippen molar-refractivity contribution in [2.45, 2.75) is 12.3 Å². The van der Waals surface area contributed by atoms with Crippen LogP contribution in [0.3, 0.4) is 0 Å². The van der Waals surface area contributed by atoms with Gasteiger partial charge < -0.3 is 9.80 Å².